The SMILES string of the molecule is CN(C)c1nc(N)c(C(=O)N(C)C(C)(C)CO)s1. The number of carbonyl (C=O) groups excluding carboxylic acids is 1. The van der Waals surface area contributed by atoms with Gasteiger partial charge in [0, 0.05) is 21.1 Å². The second-order valence-electron chi connectivity index (χ2n) is 4.94. The van der Waals surface area contributed by atoms with Crippen LogP contribution in [-0.2, 0) is 0 Å². The zero-order valence-electron chi connectivity index (χ0n) is 11.4. The maximum Gasteiger partial charge on any atom is 0.268 e. The van der Waals surface area contributed by atoms with Crippen LogP contribution in [0.1, 0.15) is 23.5 Å². The molecule has 1 heterocycles. The average Bonchev–Trinajstić information content (AvgIpc) is 2.69. The van der Waals surface area contributed by atoms with Crippen molar-refractivity contribution in [3.63, 3.8) is 0 Å². The second kappa shape index (κ2) is 5.11. The van der Waals surface area contributed by atoms with Gasteiger partial charge in [0.15, 0.2) is 5.13 Å². The standard InChI is InChI=1S/C11H20N4O2S/c1-11(2,6-16)15(5)9(17)7-8(12)13-10(18-7)14(3)4/h16H,6,12H2,1-5H3. The van der Waals surface area contributed by atoms with E-state index < -0.39 is 5.54 Å². The van der Waals surface area contributed by atoms with Gasteiger partial charge in [-0.05, 0) is 13.8 Å². The first-order valence-corrected chi connectivity index (χ1v) is 6.35. The summed E-state index contributed by atoms with van der Waals surface area (Å²) in [6.07, 6.45) is 0. The number of nitrogen functional groups attached to an aromatic ring is 1. The summed E-state index contributed by atoms with van der Waals surface area (Å²) in [6.45, 7) is 3.46. The number of nitrogens with two attached hydrogens (primary N) is 1. The van der Waals surface area contributed by atoms with E-state index >= 15 is 0 Å². The first kappa shape index (κ1) is 14.7. The number of carbonyl (C=O) groups is 1. The lowest BCUT2D eigenvalue weighted by Crippen LogP contribution is -2.47. The number of likely N-dealkylation sites (N-methyl/N-ethyl adjacent to an activating group) is 1. The molecule has 1 aromatic heterocycles. The fraction of sp³-hybridized carbons (Fsp3) is 0.636. The van der Waals surface area contributed by atoms with Crippen LogP contribution in [0.3, 0.4) is 0 Å². The lowest BCUT2D eigenvalue weighted by molar-refractivity contribution is 0.0478. The van der Waals surface area contributed by atoms with Gasteiger partial charge >= 0.3 is 0 Å². The van der Waals surface area contributed by atoms with E-state index in [0.717, 1.165) is 0 Å². The van der Waals surface area contributed by atoms with Crippen molar-refractivity contribution in [2.75, 3.05) is 38.4 Å². The van der Waals surface area contributed by atoms with Crippen molar-refractivity contribution < 1.29 is 9.90 Å². The van der Waals surface area contributed by atoms with E-state index in [4.69, 9.17) is 5.73 Å². The molecule has 0 saturated heterocycles. The van der Waals surface area contributed by atoms with Gasteiger partial charge in [0.05, 0.1) is 12.1 Å². The number of anilines is 2. The van der Waals surface area contributed by atoms with Gasteiger partial charge in [0.2, 0.25) is 0 Å². The van der Waals surface area contributed by atoms with Crippen molar-refractivity contribution in [2.24, 2.45) is 0 Å². The molecule has 1 rings (SSSR count). The molecule has 102 valence electrons. The molecule has 0 aromatic carbocycles. The Balaban J connectivity index is 3.04. The molecule has 0 bridgehead atoms. The van der Waals surface area contributed by atoms with Crippen LogP contribution in [0.25, 0.3) is 0 Å². The van der Waals surface area contributed by atoms with Crippen molar-refractivity contribution in [2.45, 2.75) is 19.4 Å². The van der Waals surface area contributed by atoms with Crippen LogP contribution in [0, 0.1) is 0 Å². The molecule has 0 fully saturated rings. The summed E-state index contributed by atoms with van der Waals surface area (Å²) in [5.41, 5.74) is 5.13. The molecule has 7 heteroatoms. The third-order valence-electron chi connectivity index (χ3n) is 2.82. The minimum Gasteiger partial charge on any atom is -0.394 e. The van der Waals surface area contributed by atoms with Gasteiger partial charge in [0.25, 0.3) is 5.91 Å². The zero-order chi connectivity index (χ0) is 14.1. The number of hydrogen-bond donors (Lipinski definition) is 2. The first-order valence-electron chi connectivity index (χ1n) is 5.53. The van der Waals surface area contributed by atoms with Gasteiger partial charge in [-0.2, -0.15) is 0 Å². The normalized spacial score (nSPS) is 11.4. The lowest BCUT2D eigenvalue weighted by Gasteiger charge is -2.33. The third kappa shape index (κ3) is 2.73. The van der Waals surface area contributed by atoms with Gasteiger partial charge < -0.3 is 20.6 Å². The van der Waals surface area contributed by atoms with E-state index in [9.17, 15) is 9.90 Å². The van der Waals surface area contributed by atoms with E-state index in [1.807, 2.05) is 14.1 Å². The van der Waals surface area contributed by atoms with Crippen LogP contribution >= 0.6 is 11.3 Å². The van der Waals surface area contributed by atoms with Gasteiger partial charge in [-0.25, -0.2) is 4.98 Å². The molecule has 1 amide bonds. The lowest BCUT2D eigenvalue weighted by atomic mass is 10.1. The second-order valence-corrected chi connectivity index (χ2v) is 5.92. The Morgan fingerprint density at radius 2 is 2.00 bits per heavy atom. The van der Waals surface area contributed by atoms with Crippen molar-refractivity contribution in [3.8, 4) is 0 Å². The average molecular weight is 272 g/mol. The minimum absolute atomic E-state index is 0.117. The number of aromatic nitrogens is 1. The summed E-state index contributed by atoms with van der Waals surface area (Å²) in [5, 5.41) is 9.96. The van der Waals surface area contributed by atoms with Crippen molar-refractivity contribution >= 4 is 28.2 Å². The van der Waals surface area contributed by atoms with Gasteiger partial charge in [0.1, 0.15) is 10.7 Å². The summed E-state index contributed by atoms with van der Waals surface area (Å²) >= 11 is 1.25. The number of aliphatic hydroxyl groups excluding tert-OH is 1. The highest BCUT2D eigenvalue weighted by Crippen LogP contribution is 2.29. The molecule has 0 atom stereocenters. The Morgan fingerprint density at radius 3 is 2.39 bits per heavy atom. The van der Waals surface area contributed by atoms with E-state index in [0.29, 0.717) is 10.0 Å². The molecule has 0 spiro atoms. The summed E-state index contributed by atoms with van der Waals surface area (Å²) in [4.78, 5) is 20.1. The highest BCUT2D eigenvalue weighted by molar-refractivity contribution is 7.18. The Labute approximate surface area is 111 Å². The minimum atomic E-state index is -0.633. The van der Waals surface area contributed by atoms with Crippen LogP contribution in [0.5, 0.6) is 0 Å². The van der Waals surface area contributed by atoms with Gasteiger partial charge in [-0.15, -0.1) is 0 Å². The van der Waals surface area contributed by atoms with Crippen LogP contribution in [0.4, 0.5) is 10.9 Å². The predicted octanol–water partition coefficient (Wildman–Crippen LogP) is 0.634. The third-order valence-corrected chi connectivity index (χ3v) is 4.05. The number of nitrogens with zero attached hydrogens (tertiary/aromatic N) is 3. The smallest absolute Gasteiger partial charge is 0.268 e. The Morgan fingerprint density at radius 1 is 1.44 bits per heavy atom. The first-order chi connectivity index (χ1) is 8.20. The summed E-state index contributed by atoms with van der Waals surface area (Å²) in [5.74, 6) is 0.00596. The summed E-state index contributed by atoms with van der Waals surface area (Å²) in [6, 6.07) is 0. The number of rotatable bonds is 4. The zero-order valence-corrected chi connectivity index (χ0v) is 12.2. The van der Waals surface area contributed by atoms with E-state index in [1.54, 1.807) is 25.8 Å². The largest absolute Gasteiger partial charge is 0.394 e. The molecule has 0 aliphatic rings. The summed E-state index contributed by atoms with van der Waals surface area (Å²) < 4.78 is 0. The number of amides is 1. The molecule has 3 N–H and O–H groups in total. The summed E-state index contributed by atoms with van der Waals surface area (Å²) in [7, 11) is 5.33. The molecule has 0 saturated carbocycles. The van der Waals surface area contributed by atoms with Crippen molar-refractivity contribution in [1.29, 1.82) is 0 Å². The van der Waals surface area contributed by atoms with Crippen LogP contribution in [0.15, 0.2) is 0 Å². The van der Waals surface area contributed by atoms with Crippen molar-refractivity contribution in [3.05, 3.63) is 4.88 Å². The molecular weight excluding hydrogens is 252 g/mol. The molecule has 18 heavy (non-hydrogen) atoms. The number of hydrogen-bond acceptors (Lipinski definition) is 6. The molecule has 6 nitrogen and oxygen atoms in total. The monoisotopic (exact) mass is 272 g/mol. The van der Waals surface area contributed by atoms with Gasteiger partial charge in [-0.1, -0.05) is 11.3 Å². The Hall–Kier alpha value is -1.34. The molecule has 0 aliphatic heterocycles. The maximum absolute atomic E-state index is 12.3. The van der Waals surface area contributed by atoms with E-state index in [1.165, 1.54) is 16.2 Å². The fourth-order valence-electron chi connectivity index (χ4n) is 1.20. The van der Waals surface area contributed by atoms with Crippen molar-refractivity contribution in [1.82, 2.24) is 9.88 Å². The van der Waals surface area contributed by atoms with Crippen LogP contribution in [-0.4, -0.2) is 54.2 Å². The predicted molar refractivity (Wildman–Crippen MR) is 74.1 cm³/mol. The highest BCUT2D eigenvalue weighted by Gasteiger charge is 2.30. The molecule has 0 unspecified atom stereocenters. The maximum atomic E-state index is 12.3. The fourth-order valence-corrected chi connectivity index (χ4v) is 2.08. The Bertz CT molecular complexity index is 442. The molecule has 0 radical (unpaired) electrons. The van der Waals surface area contributed by atoms with Crippen LogP contribution in [0.2, 0.25) is 0 Å². The van der Waals surface area contributed by atoms with E-state index in [-0.39, 0.29) is 18.3 Å². The quantitative estimate of drug-likeness (QED) is 0.840. The topological polar surface area (TPSA) is 82.7 Å². The highest BCUT2D eigenvalue weighted by atomic mass is 32.1. The Kier molecular flexibility index (Phi) is 4.18. The van der Waals surface area contributed by atoms with E-state index in [2.05, 4.69) is 4.98 Å². The molecule has 1 aromatic rings. The molecule has 0 aliphatic carbocycles. The van der Waals surface area contributed by atoms with Gasteiger partial charge in [-0.3, -0.25) is 4.79 Å². The van der Waals surface area contributed by atoms with Crippen LogP contribution < -0.4 is 10.6 Å². The number of thiazole rings is 1. The molecular formula is C11H20N4O2S. The number of aliphatic hydroxyl groups is 1.